The molecule has 2 saturated heterocycles. The van der Waals surface area contributed by atoms with E-state index in [1.54, 1.807) is 0 Å². The van der Waals surface area contributed by atoms with Crippen LogP contribution in [0.4, 0.5) is 0 Å². The third-order valence-corrected chi connectivity index (χ3v) is 6.57. The summed E-state index contributed by atoms with van der Waals surface area (Å²) in [5.41, 5.74) is 5.00. The molecule has 28 heavy (non-hydrogen) atoms. The zero-order chi connectivity index (χ0) is 19.6. The van der Waals surface area contributed by atoms with Gasteiger partial charge in [-0.1, -0.05) is 48.5 Å². The van der Waals surface area contributed by atoms with Gasteiger partial charge in [-0.3, -0.25) is 14.6 Å². The SMILES string of the molecule is Cc1ccc(CN2CCC3(CC2)C(=O)NCCN3Cc2ccccc2)cc1C. The molecular formula is C24H31N3O. The van der Waals surface area contributed by atoms with Crippen LogP contribution in [0.5, 0.6) is 0 Å². The summed E-state index contributed by atoms with van der Waals surface area (Å²) in [5, 5.41) is 3.14. The highest BCUT2D eigenvalue weighted by atomic mass is 16.2. The number of piperazine rings is 1. The summed E-state index contributed by atoms with van der Waals surface area (Å²) < 4.78 is 0. The molecule has 2 aliphatic rings. The topological polar surface area (TPSA) is 35.6 Å². The number of piperidine rings is 1. The lowest BCUT2D eigenvalue weighted by molar-refractivity contribution is -0.142. The van der Waals surface area contributed by atoms with Crippen molar-refractivity contribution in [1.82, 2.24) is 15.1 Å². The number of hydrogen-bond acceptors (Lipinski definition) is 3. The highest BCUT2D eigenvalue weighted by Crippen LogP contribution is 2.33. The molecule has 4 heteroatoms. The Morgan fingerprint density at radius 3 is 2.36 bits per heavy atom. The fraction of sp³-hybridized carbons (Fsp3) is 0.458. The minimum Gasteiger partial charge on any atom is -0.353 e. The molecule has 0 saturated carbocycles. The molecule has 0 bridgehead atoms. The fourth-order valence-electron chi connectivity index (χ4n) is 4.65. The number of likely N-dealkylation sites (tertiary alicyclic amines) is 1. The maximum atomic E-state index is 12.9. The first-order valence-corrected chi connectivity index (χ1v) is 10.4. The second kappa shape index (κ2) is 8.06. The summed E-state index contributed by atoms with van der Waals surface area (Å²) in [6.45, 7) is 9.77. The molecule has 4 rings (SSSR count). The summed E-state index contributed by atoms with van der Waals surface area (Å²) in [5.74, 6) is 0.223. The van der Waals surface area contributed by atoms with Crippen LogP contribution in [0.2, 0.25) is 0 Å². The Bertz CT molecular complexity index is 825. The first kappa shape index (κ1) is 19.2. The summed E-state index contributed by atoms with van der Waals surface area (Å²) in [6.07, 6.45) is 1.80. The Morgan fingerprint density at radius 1 is 0.893 bits per heavy atom. The second-order valence-corrected chi connectivity index (χ2v) is 8.39. The molecule has 1 amide bonds. The largest absolute Gasteiger partial charge is 0.353 e. The van der Waals surface area contributed by atoms with Crippen molar-refractivity contribution in [2.24, 2.45) is 0 Å². The minimum absolute atomic E-state index is 0.223. The Hall–Kier alpha value is -2.17. The molecule has 148 valence electrons. The maximum absolute atomic E-state index is 12.9. The van der Waals surface area contributed by atoms with Gasteiger partial charge in [0.15, 0.2) is 0 Å². The van der Waals surface area contributed by atoms with E-state index in [0.29, 0.717) is 0 Å². The molecule has 0 aliphatic carbocycles. The molecule has 0 unspecified atom stereocenters. The van der Waals surface area contributed by atoms with Gasteiger partial charge >= 0.3 is 0 Å². The van der Waals surface area contributed by atoms with E-state index in [-0.39, 0.29) is 11.4 Å². The number of nitrogens with one attached hydrogen (secondary N) is 1. The molecular weight excluding hydrogens is 346 g/mol. The maximum Gasteiger partial charge on any atom is 0.240 e. The molecule has 0 aromatic heterocycles. The second-order valence-electron chi connectivity index (χ2n) is 8.39. The van der Waals surface area contributed by atoms with Gasteiger partial charge < -0.3 is 5.32 Å². The first-order valence-electron chi connectivity index (χ1n) is 10.4. The lowest BCUT2D eigenvalue weighted by atomic mass is 9.82. The van der Waals surface area contributed by atoms with E-state index in [1.807, 2.05) is 6.07 Å². The quantitative estimate of drug-likeness (QED) is 0.888. The first-order chi connectivity index (χ1) is 13.6. The number of rotatable bonds is 4. The molecule has 2 fully saturated rings. The van der Waals surface area contributed by atoms with Crippen LogP contribution in [0.15, 0.2) is 48.5 Å². The number of nitrogens with zero attached hydrogens (tertiary/aromatic N) is 2. The summed E-state index contributed by atoms with van der Waals surface area (Å²) in [6, 6.07) is 17.3. The van der Waals surface area contributed by atoms with Crippen LogP contribution in [0.3, 0.4) is 0 Å². The summed E-state index contributed by atoms with van der Waals surface area (Å²) >= 11 is 0. The van der Waals surface area contributed by atoms with Gasteiger partial charge in [-0.05, 0) is 48.9 Å². The molecule has 1 N–H and O–H groups in total. The number of amides is 1. The molecule has 2 heterocycles. The fourth-order valence-corrected chi connectivity index (χ4v) is 4.65. The standard InChI is InChI=1S/C24H31N3O/c1-19-8-9-22(16-20(19)2)17-26-13-10-24(11-14-26)23(28)25-12-15-27(24)18-21-6-4-3-5-7-21/h3-9,16H,10-15,17-18H2,1-2H3,(H,25,28). The average molecular weight is 378 g/mol. The third kappa shape index (κ3) is 3.85. The lowest BCUT2D eigenvalue weighted by Gasteiger charge is -2.50. The molecule has 2 aromatic carbocycles. The van der Waals surface area contributed by atoms with Crippen LogP contribution in [0, 0.1) is 13.8 Å². The smallest absolute Gasteiger partial charge is 0.240 e. The molecule has 1 spiro atoms. The van der Waals surface area contributed by atoms with E-state index in [4.69, 9.17) is 0 Å². The van der Waals surface area contributed by atoms with Crippen LogP contribution in [0.1, 0.15) is 35.1 Å². The van der Waals surface area contributed by atoms with E-state index in [9.17, 15) is 4.79 Å². The van der Waals surface area contributed by atoms with Crippen molar-refractivity contribution in [2.75, 3.05) is 26.2 Å². The van der Waals surface area contributed by atoms with E-state index in [1.165, 1.54) is 22.3 Å². The molecule has 2 aromatic rings. The summed E-state index contributed by atoms with van der Waals surface area (Å²) in [7, 11) is 0. The number of carbonyl (C=O) groups excluding carboxylic acids is 1. The number of aryl methyl sites for hydroxylation is 2. The van der Waals surface area contributed by atoms with Gasteiger partial charge in [0.05, 0.1) is 0 Å². The Kier molecular flexibility index (Phi) is 5.51. The van der Waals surface area contributed by atoms with Crippen molar-refractivity contribution in [3.05, 3.63) is 70.8 Å². The zero-order valence-electron chi connectivity index (χ0n) is 17.1. The van der Waals surface area contributed by atoms with Crippen molar-refractivity contribution in [1.29, 1.82) is 0 Å². The van der Waals surface area contributed by atoms with Crippen LogP contribution < -0.4 is 5.32 Å². The Labute approximate surface area is 168 Å². The molecule has 0 atom stereocenters. The van der Waals surface area contributed by atoms with Gasteiger partial charge in [-0.15, -0.1) is 0 Å². The molecule has 4 nitrogen and oxygen atoms in total. The van der Waals surface area contributed by atoms with Crippen molar-refractivity contribution in [2.45, 2.75) is 45.3 Å². The van der Waals surface area contributed by atoms with Gasteiger partial charge in [0.2, 0.25) is 5.91 Å². The predicted molar refractivity (Wildman–Crippen MR) is 113 cm³/mol. The van der Waals surface area contributed by atoms with Gasteiger partial charge in [-0.25, -0.2) is 0 Å². The number of carbonyl (C=O) groups is 1. The monoisotopic (exact) mass is 377 g/mol. The van der Waals surface area contributed by atoms with Crippen LogP contribution in [-0.2, 0) is 17.9 Å². The lowest BCUT2D eigenvalue weighted by Crippen LogP contribution is -2.67. The van der Waals surface area contributed by atoms with Crippen LogP contribution in [0.25, 0.3) is 0 Å². The Morgan fingerprint density at radius 2 is 1.64 bits per heavy atom. The van der Waals surface area contributed by atoms with Gasteiger partial charge in [0.25, 0.3) is 0 Å². The predicted octanol–water partition coefficient (Wildman–Crippen LogP) is 3.27. The van der Waals surface area contributed by atoms with Crippen molar-refractivity contribution in [3.8, 4) is 0 Å². The number of benzene rings is 2. The van der Waals surface area contributed by atoms with E-state index < -0.39 is 0 Å². The highest BCUT2D eigenvalue weighted by Gasteiger charge is 2.47. The van der Waals surface area contributed by atoms with E-state index in [2.05, 4.69) is 71.4 Å². The third-order valence-electron chi connectivity index (χ3n) is 6.57. The summed E-state index contributed by atoms with van der Waals surface area (Å²) in [4.78, 5) is 17.9. The van der Waals surface area contributed by atoms with Crippen molar-refractivity contribution < 1.29 is 4.79 Å². The van der Waals surface area contributed by atoms with Gasteiger partial charge in [0, 0.05) is 39.3 Å². The van der Waals surface area contributed by atoms with E-state index >= 15 is 0 Å². The van der Waals surface area contributed by atoms with E-state index in [0.717, 1.165) is 52.1 Å². The normalized spacial score (nSPS) is 20.3. The molecule has 0 radical (unpaired) electrons. The van der Waals surface area contributed by atoms with Gasteiger partial charge in [0.1, 0.15) is 5.54 Å². The minimum atomic E-state index is -0.353. The average Bonchev–Trinajstić information content (AvgIpc) is 2.71. The number of hydrogen-bond donors (Lipinski definition) is 1. The molecule has 2 aliphatic heterocycles. The van der Waals surface area contributed by atoms with Crippen LogP contribution in [-0.4, -0.2) is 47.4 Å². The zero-order valence-corrected chi connectivity index (χ0v) is 17.1. The Balaban J connectivity index is 1.45. The van der Waals surface area contributed by atoms with Gasteiger partial charge in [-0.2, -0.15) is 0 Å². The van der Waals surface area contributed by atoms with Crippen molar-refractivity contribution >= 4 is 5.91 Å². The van der Waals surface area contributed by atoms with Crippen LogP contribution >= 0.6 is 0 Å². The van der Waals surface area contributed by atoms with Crippen molar-refractivity contribution in [3.63, 3.8) is 0 Å². The highest BCUT2D eigenvalue weighted by molar-refractivity contribution is 5.87.